The van der Waals surface area contributed by atoms with Gasteiger partial charge in [0.25, 0.3) is 5.91 Å². The average Bonchev–Trinajstić information content (AvgIpc) is 3.05. The van der Waals surface area contributed by atoms with Gasteiger partial charge in [-0.25, -0.2) is 0 Å². The van der Waals surface area contributed by atoms with E-state index in [9.17, 15) is 14.4 Å². The van der Waals surface area contributed by atoms with Crippen molar-refractivity contribution >= 4 is 29.2 Å². The van der Waals surface area contributed by atoms with Crippen molar-refractivity contribution < 1.29 is 19.1 Å². The lowest BCUT2D eigenvalue weighted by molar-refractivity contribution is -0.151. The van der Waals surface area contributed by atoms with E-state index in [1.54, 1.807) is 11.0 Å². The first-order chi connectivity index (χ1) is 13.4. The van der Waals surface area contributed by atoms with Crippen molar-refractivity contribution in [3.05, 3.63) is 59.2 Å². The third-order valence-electron chi connectivity index (χ3n) is 5.09. The number of para-hydroxylation sites is 1. The Kier molecular flexibility index (Phi) is 5.78. The quantitative estimate of drug-likeness (QED) is 0.809. The van der Waals surface area contributed by atoms with Crippen LogP contribution in [-0.4, -0.2) is 30.9 Å². The predicted octanol–water partition coefficient (Wildman–Crippen LogP) is 3.15. The number of carbonyl (C=O) groups excluding carboxylic acids is 3. The lowest BCUT2D eigenvalue weighted by Gasteiger charge is -2.18. The number of aryl methyl sites for hydroxylation is 2. The van der Waals surface area contributed by atoms with Crippen LogP contribution in [0.3, 0.4) is 0 Å². The van der Waals surface area contributed by atoms with Crippen molar-refractivity contribution in [2.75, 3.05) is 23.4 Å². The minimum Gasteiger partial charge on any atom is -0.455 e. The zero-order chi connectivity index (χ0) is 20.3. The molecule has 6 heteroatoms. The van der Waals surface area contributed by atoms with Gasteiger partial charge in [0.2, 0.25) is 5.91 Å². The standard InChI is InChI=1S/C22H24N2O4/c1-14-8-6-9-18(16(14)3)23-20(25)13-28-22(27)17-11-21(26)24(12-17)19-10-5-4-7-15(19)2/h4-10,17H,11-13H2,1-3H3,(H,23,25)/t17-/m0/s1. The number of ether oxygens (including phenoxy) is 1. The van der Waals surface area contributed by atoms with Crippen LogP contribution in [-0.2, 0) is 19.1 Å². The lowest BCUT2D eigenvalue weighted by Crippen LogP contribution is -2.28. The Balaban J connectivity index is 1.55. The van der Waals surface area contributed by atoms with Crippen LogP contribution in [0.4, 0.5) is 11.4 Å². The summed E-state index contributed by atoms with van der Waals surface area (Å²) in [7, 11) is 0. The molecule has 1 atom stereocenters. The molecule has 0 spiro atoms. The van der Waals surface area contributed by atoms with Crippen molar-refractivity contribution in [2.45, 2.75) is 27.2 Å². The zero-order valence-corrected chi connectivity index (χ0v) is 16.3. The molecule has 6 nitrogen and oxygen atoms in total. The first-order valence-electron chi connectivity index (χ1n) is 9.25. The maximum atomic E-state index is 12.3. The van der Waals surface area contributed by atoms with Gasteiger partial charge in [-0.3, -0.25) is 14.4 Å². The Morgan fingerprint density at radius 2 is 1.79 bits per heavy atom. The molecule has 3 rings (SSSR count). The van der Waals surface area contributed by atoms with E-state index in [2.05, 4.69) is 5.32 Å². The third kappa shape index (κ3) is 4.22. The van der Waals surface area contributed by atoms with E-state index < -0.39 is 17.8 Å². The molecule has 0 unspecified atom stereocenters. The summed E-state index contributed by atoms with van der Waals surface area (Å²) in [6.07, 6.45) is 0.0891. The second-order valence-electron chi connectivity index (χ2n) is 7.10. The van der Waals surface area contributed by atoms with E-state index in [4.69, 9.17) is 4.74 Å². The number of amides is 2. The summed E-state index contributed by atoms with van der Waals surface area (Å²) in [5.74, 6) is -1.61. The number of nitrogens with zero attached hydrogens (tertiary/aromatic N) is 1. The molecule has 28 heavy (non-hydrogen) atoms. The lowest BCUT2D eigenvalue weighted by atomic mass is 10.1. The summed E-state index contributed by atoms with van der Waals surface area (Å²) in [5, 5.41) is 2.75. The van der Waals surface area contributed by atoms with Crippen molar-refractivity contribution in [1.29, 1.82) is 0 Å². The van der Waals surface area contributed by atoms with Crippen LogP contribution in [0.5, 0.6) is 0 Å². The largest absolute Gasteiger partial charge is 0.455 e. The van der Waals surface area contributed by atoms with E-state index in [0.717, 1.165) is 22.4 Å². The van der Waals surface area contributed by atoms with Crippen molar-refractivity contribution in [2.24, 2.45) is 5.92 Å². The summed E-state index contributed by atoms with van der Waals surface area (Å²) in [5.41, 5.74) is 4.50. The van der Waals surface area contributed by atoms with Crippen LogP contribution < -0.4 is 10.2 Å². The molecule has 146 valence electrons. The van der Waals surface area contributed by atoms with Crippen LogP contribution in [0, 0.1) is 26.7 Å². The molecule has 1 heterocycles. The fourth-order valence-corrected chi connectivity index (χ4v) is 3.29. The second-order valence-corrected chi connectivity index (χ2v) is 7.10. The highest BCUT2D eigenvalue weighted by molar-refractivity contribution is 6.00. The van der Waals surface area contributed by atoms with E-state index in [1.807, 2.05) is 57.2 Å². The van der Waals surface area contributed by atoms with E-state index in [1.165, 1.54) is 0 Å². The molecule has 0 bridgehead atoms. The molecule has 2 aromatic carbocycles. The monoisotopic (exact) mass is 380 g/mol. The maximum absolute atomic E-state index is 12.3. The fourth-order valence-electron chi connectivity index (χ4n) is 3.29. The fraction of sp³-hybridized carbons (Fsp3) is 0.318. The van der Waals surface area contributed by atoms with Gasteiger partial charge in [0, 0.05) is 24.3 Å². The molecule has 0 aliphatic carbocycles. The maximum Gasteiger partial charge on any atom is 0.311 e. The van der Waals surface area contributed by atoms with Crippen molar-refractivity contribution in [3.63, 3.8) is 0 Å². The minimum absolute atomic E-state index is 0.0891. The third-order valence-corrected chi connectivity index (χ3v) is 5.09. The molecule has 2 amide bonds. The Morgan fingerprint density at radius 1 is 1.07 bits per heavy atom. The first-order valence-corrected chi connectivity index (χ1v) is 9.25. The van der Waals surface area contributed by atoms with E-state index in [-0.39, 0.29) is 25.5 Å². The number of anilines is 2. The van der Waals surface area contributed by atoms with E-state index in [0.29, 0.717) is 5.69 Å². The molecular formula is C22H24N2O4. The highest BCUT2D eigenvalue weighted by Gasteiger charge is 2.36. The number of nitrogens with one attached hydrogen (secondary N) is 1. The summed E-state index contributed by atoms with van der Waals surface area (Å²) >= 11 is 0. The highest BCUT2D eigenvalue weighted by atomic mass is 16.5. The van der Waals surface area contributed by atoms with Gasteiger partial charge in [-0.1, -0.05) is 30.3 Å². The number of rotatable bonds is 5. The van der Waals surface area contributed by atoms with Gasteiger partial charge in [-0.05, 0) is 49.6 Å². The average molecular weight is 380 g/mol. The number of hydrogen-bond acceptors (Lipinski definition) is 4. The van der Waals surface area contributed by atoms with Gasteiger partial charge in [0.1, 0.15) is 0 Å². The molecule has 0 saturated carbocycles. The number of benzene rings is 2. The number of carbonyl (C=O) groups is 3. The highest BCUT2D eigenvalue weighted by Crippen LogP contribution is 2.28. The van der Waals surface area contributed by atoms with Crippen LogP contribution in [0.1, 0.15) is 23.1 Å². The Labute approximate surface area is 164 Å². The normalized spacial score (nSPS) is 16.2. The number of hydrogen-bond donors (Lipinski definition) is 1. The Hall–Kier alpha value is -3.15. The molecule has 0 aromatic heterocycles. The Morgan fingerprint density at radius 3 is 2.54 bits per heavy atom. The molecule has 1 aliphatic heterocycles. The SMILES string of the molecule is Cc1ccccc1N1C[C@@H](C(=O)OCC(=O)Nc2cccc(C)c2C)CC1=O. The molecular weight excluding hydrogens is 356 g/mol. The molecule has 1 fully saturated rings. The van der Waals surface area contributed by atoms with Crippen LogP contribution in [0.15, 0.2) is 42.5 Å². The van der Waals surface area contributed by atoms with Crippen molar-refractivity contribution in [1.82, 2.24) is 0 Å². The van der Waals surface area contributed by atoms with Gasteiger partial charge in [0.15, 0.2) is 6.61 Å². The Bertz CT molecular complexity index is 923. The van der Waals surface area contributed by atoms with Crippen LogP contribution in [0.25, 0.3) is 0 Å². The molecule has 1 N–H and O–H groups in total. The summed E-state index contributed by atoms with van der Waals surface area (Å²) in [6.45, 7) is 5.69. The zero-order valence-electron chi connectivity index (χ0n) is 16.3. The van der Waals surface area contributed by atoms with Gasteiger partial charge in [-0.2, -0.15) is 0 Å². The smallest absolute Gasteiger partial charge is 0.311 e. The van der Waals surface area contributed by atoms with Crippen LogP contribution >= 0.6 is 0 Å². The van der Waals surface area contributed by atoms with Gasteiger partial charge in [-0.15, -0.1) is 0 Å². The van der Waals surface area contributed by atoms with Crippen molar-refractivity contribution in [3.8, 4) is 0 Å². The summed E-state index contributed by atoms with van der Waals surface area (Å²) < 4.78 is 5.16. The van der Waals surface area contributed by atoms with Gasteiger partial charge in [0.05, 0.1) is 5.92 Å². The first kappa shape index (κ1) is 19.6. The van der Waals surface area contributed by atoms with E-state index >= 15 is 0 Å². The predicted molar refractivity (Wildman–Crippen MR) is 107 cm³/mol. The molecule has 2 aromatic rings. The summed E-state index contributed by atoms with van der Waals surface area (Å²) in [6, 6.07) is 13.2. The molecule has 1 saturated heterocycles. The van der Waals surface area contributed by atoms with Crippen LogP contribution in [0.2, 0.25) is 0 Å². The molecule has 1 aliphatic rings. The van der Waals surface area contributed by atoms with Gasteiger partial charge >= 0.3 is 5.97 Å². The topological polar surface area (TPSA) is 75.7 Å². The number of esters is 1. The minimum atomic E-state index is -0.569. The second kappa shape index (κ2) is 8.25. The molecule has 0 radical (unpaired) electrons. The van der Waals surface area contributed by atoms with Gasteiger partial charge < -0.3 is 15.0 Å². The summed E-state index contributed by atoms with van der Waals surface area (Å²) in [4.78, 5) is 38.4.